The van der Waals surface area contributed by atoms with Crippen LogP contribution in [0.4, 0.5) is 5.82 Å². The summed E-state index contributed by atoms with van der Waals surface area (Å²) in [7, 11) is 1.50. The molecule has 0 bridgehead atoms. The maximum Gasteiger partial charge on any atom is 0.226 e. The molecule has 1 amide bonds. The number of hydrogen-bond donors (Lipinski definition) is 2. The van der Waals surface area contributed by atoms with E-state index in [1.54, 1.807) is 18.5 Å². The molecule has 1 aliphatic heterocycles. The van der Waals surface area contributed by atoms with E-state index in [4.69, 9.17) is 4.74 Å². The smallest absolute Gasteiger partial charge is 0.226 e. The summed E-state index contributed by atoms with van der Waals surface area (Å²) in [5.74, 6) is 0.785. The lowest BCUT2D eigenvalue weighted by Gasteiger charge is -2.23. The Morgan fingerprint density at radius 2 is 2.04 bits per heavy atom. The number of hydrogen-bond acceptors (Lipinski definition) is 4. The van der Waals surface area contributed by atoms with Gasteiger partial charge < -0.3 is 15.2 Å². The molecule has 0 radical (unpaired) electrons. The number of nitrogens with zero attached hydrogens (tertiary/aromatic N) is 2. The monoisotopic (exact) mass is 413 g/mol. The molecule has 132 valence electrons. The third kappa shape index (κ3) is 2.84. The van der Waals surface area contributed by atoms with Crippen molar-refractivity contribution >= 4 is 27.7 Å². The minimum atomic E-state index is -0.229. The van der Waals surface area contributed by atoms with Gasteiger partial charge >= 0.3 is 0 Å². The molecule has 0 saturated heterocycles. The van der Waals surface area contributed by atoms with Crippen molar-refractivity contribution < 1.29 is 14.6 Å². The van der Waals surface area contributed by atoms with Gasteiger partial charge in [-0.3, -0.25) is 9.36 Å². The number of benzene rings is 2. The number of phenolic OH excluding ortho intramolecular Hbond substituents is 1. The fourth-order valence-electron chi connectivity index (χ4n) is 3.20. The Kier molecular flexibility index (Phi) is 4.16. The molecule has 1 aliphatic rings. The first-order chi connectivity index (χ1) is 12.6. The number of ether oxygens (including phenoxy) is 1. The molecule has 2 N–H and O–H groups in total. The Balaban J connectivity index is 1.78. The van der Waals surface area contributed by atoms with Gasteiger partial charge in [0.25, 0.3) is 0 Å². The van der Waals surface area contributed by atoms with E-state index < -0.39 is 0 Å². The van der Waals surface area contributed by atoms with Crippen LogP contribution >= 0.6 is 15.9 Å². The van der Waals surface area contributed by atoms with Crippen LogP contribution in [0.3, 0.4) is 0 Å². The second kappa shape index (κ2) is 6.49. The molecular formula is C19H16BrN3O3. The lowest BCUT2D eigenvalue weighted by Crippen LogP contribution is -2.24. The number of halogens is 1. The maximum atomic E-state index is 12.3. The van der Waals surface area contributed by atoms with Gasteiger partial charge in [-0.2, -0.15) is 0 Å². The van der Waals surface area contributed by atoms with E-state index in [1.165, 1.54) is 7.11 Å². The van der Waals surface area contributed by atoms with Crippen LogP contribution in [0.25, 0.3) is 5.69 Å². The maximum absolute atomic E-state index is 12.3. The molecule has 0 fully saturated rings. The third-order valence-electron chi connectivity index (χ3n) is 4.48. The summed E-state index contributed by atoms with van der Waals surface area (Å²) < 4.78 is 7.93. The minimum Gasteiger partial charge on any atom is -0.504 e. The molecule has 1 atom stereocenters. The number of phenols is 1. The second-order valence-corrected chi connectivity index (χ2v) is 6.98. The summed E-state index contributed by atoms with van der Waals surface area (Å²) in [4.78, 5) is 16.8. The summed E-state index contributed by atoms with van der Waals surface area (Å²) in [5.41, 5.74) is 2.50. The zero-order chi connectivity index (χ0) is 18.3. The van der Waals surface area contributed by atoms with E-state index in [1.807, 2.05) is 34.9 Å². The highest BCUT2D eigenvalue weighted by molar-refractivity contribution is 9.10. The Morgan fingerprint density at radius 1 is 1.27 bits per heavy atom. The summed E-state index contributed by atoms with van der Waals surface area (Å²) in [6, 6.07) is 12.9. The van der Waals surface area contributed by atoms with Crippen molar-refractivity contribution in [2.24, 2.45) is 0 Å². The van der Waals surface area contributed by atoms with Crippen LogP contribution in [0.2, 0.25) is 0 Å². The van der Waals surface area contributed by atoms with Crippen LogP contribution in [0.5, 0.6) is 11.5 Å². The number of nitrogens with one attached hydrogen (secondary N) is 1. The predicted octanol–water partition coefficient (Wildman–Crippen LogP) is 3.82. The quantitative estimate of drug-likeness (QED) is 0.683. The Labute approximate surface area is 158 Å². The van der Waals surface area contributed by atoms with Crippen molar-refractivity contribution in [3.05, 3.63) is 64.5 Å². The summed E-state index contributed by atoms with van der Waals surface area (Å²) in [5, 5.41) is 13.0. The predicted molar refractivity (Wildman–Crippen MR) is 101 cm³/mol. The van der Waals surface area contributed by atoms with Crippen LogP contribution in [0.1, 0.15) is 23.6 Å². The summed E-state index contributed by atoms with van der Waals surface area (Å²) in [6.07, 6.45) is 1.98. The molecule has 0 aliphatic carbocycles. The van der Waals surface area contributed by atoms with Crippen LogP contribution in [0, 0.1) is 0 Å². The standard InChI is InChI=1S/C19H16BrN3O3/c1-26-16-7-2-11(8-15(16)24)14-9-17(25)22-19-18(14)21-10-23(19)13-5-3-12(20)4-6-13/h2-8,10,14,24H,9H2,1H3,(H,22,25)/t14-/m0/s1. The zero-order valence-corrected chi connectivity index (χ0v) is 15.5. The van der Waals surface area contributed by atoms with Gasteiger partial charge in [-0.05, 0) is 42.0 Å². The Hall–Kier alpha value is -2.80. The van der Waals surface area contributed by atoms with Gasteiger partial charge in [0.1, 0.15) is 12.1 Å². The number of methoxy groups -OCH3 is 1. The lowest BCUT2D eigenvalue weighted by atomic mass is 9.89. The van der Waals surface area contributed by atoms with Gasteiger partial charge in [-0.1, -0.05) is 22.0 Å². The zero-order valence-electron chi connectivity index (χ0n) is 13.9. The van der Waals surface area contributed by atoms with Gasteiger partial charge in [0.15, 0.2) is 11.5 Å². The first-order valence-corrected chi connectivity index (χ1v) is 8.86. The van der Waals surface area contributed by atoms with E-state index in [0.717, 1.165) is 21.4 Å². The largest absolute Gasteiger partial charge is 0.504 e. The van der Waals surface area contributed by atoms with Crippen LogP contribution in [-0.2, 0) is 4.79 Å². The van der Waals surface area contributed by atoms with Crippen LogP contribution in [0.15, 0.2) is 53.3 Å². The highest BCUT2D eigenvalue weighted by Crippen LogP contribution is 2.39. The van der Waals surface area contributed by atoms with E-state index in [0.29, 0.717) is 11.6 Å². The minimum absolute atomic E-state index is 0.0462. The van der Waals surface area contributed by atoms with Gasteiger partial charge in [0.05, 0.1) is 12.8 Å². The normalized spacial score (nSPS) is 16.1. The van der Waals surface area contributed by atoms with Gasteiger partial charge in [-0.25, -0.2) is 4.98 Å². The average molecular weight is 414 g/mol. The highest BCUT2D eigenvalue weighted by Gasteiger charge is 2.31. The molecule has 2 aromatic carbocycles. The number of fused-ring (bicyclic) bond motifs is 1. The number of carbonyl (C=O) groups is 1. The van der Waals surface area contributed by atoms with Crippen molar-refractivity contribution in [2.75, 3.05) is 12.4 Å². The van der Waals surface area contributed by atoms with Crippen molar-refractivity contribution in [3.63, 3.8) is 0 Å². The Bertz CT molecular complexity index is 982. The van der Waals surface area contributed by atoms with Crippen molar-refractivity contribution in [2.45, 2.75) is 12.3 Å². The number of carbonyl (C=O) groups excluding carboxylic acids is 1. The summed E-state index contributed by atoms with van der Waals surface area (Å²) >= 11 is 3.42. The van der Waals surface area contributed by atoms with E-state index >= 15 is 0 Å². The van der Waals surface area contributed by atoms with E-state index in [9.17, 15) is 9.90 Å². The fourth-order valence-corrected chi connectivity index (χ4v) is 3.47. The van der Waals surface area contributed by atoms with Gasteiger partial charge in [0, 0.05) is 22.5 Å². The molecule has 0 unspecified atom stereocenters. The topological polar surface area (TPSA) is 76.4 Å². The van der Waals surface area contributed by atoms with E-state index in [2.05, 4.69) is 26.2 Å². The van der Waals surface area contributed by atoms with Crippen molar-refractivity contribution in [1.82, 2.24) is 9.55 Å². The third-order valence-corrected chi connectivity index (χ3v) is 5.01. The molecule has 6 nitrogen and oxygen atoms in total. The van der Waals surface area contributed by atoms with Gasteiger partial charge in [0.2, 0.25) is 5.91 Å². The number of rotatable bonds is 3. The molecule has 4 rings (SSSR count). The molecule has 26 heavy (non-hydrogen) atoms. The number of imidazole rings is 1. The molecule has 2 heterocycles. The summed E-state index contributed by atoms with van der Waals surface area (Å²) in [6.45, 7) is 0. The van der Waals surface area contributed by atoms with Gasteiger partial charge in [-0.15, -0.1) is 0 Å². The molecule has 7 heteroatoms. The Morgan fingerprint density at radius 3 is 2.73 bits per heavy atom. The molecule has 0 spiro atoms. The number of aromatic nitrogens is 2. The SMILES string of the molecule is COc1ccc([C@@H]2CC(=O)Nc3c2ncn3-c2ccc(Br)cc2)cc1O. The van der Waals surface area contributed by atoms with Crippen molar-refractivity contribution in [3.8, 4) is 17.2 Å². The highest BCUT2D eigenvalue weighted by atomic mass is 79.9. The fraction of sp³-hybridized carbons (Fsp3) is 0.158. The molecule has 1 aromatic heterocycles. The average Bonchev–Trinajstić information content (AvgIpc) is 3.05. The van der Waals surface area contributed by atoms with Crippen LogP contribution < -0.4 is 10.1 Å². The number of aromatic hydroxyl groups is 1. The van der Waals surface area contributed by atoms with E-state index in [-0.39, 0.29) is 24.0 Å². The number of amides is 1. The lowest BCUT2D eigenvalue weighted by molar-refractivity contribution is -0.116. The first-order valence-electron chi connectivity index (χ1n) is 8.06. The molecule has 0 saturated carbocycles. The molecule has 3 aromatic rings. The van der Waals surface area contributed by atoms with Crippen LogP contribution in [-0.4, -0.2) is 27.7 Å². The second-order valence-electron chi connectivity index (χ2n) is 6.06. The van der Waals surface area contributed by atoms with Crippen molar-refractivity contribution in [1.29, 1.82) is 0 Å². The number of anilines is 1. The molecular weight excluding hydrogens is 398 g/mol. The first kappa shape index (κ1) is 16.7.